The molecule has 3 nitrogen and oxygen atoms in total. The minimum atomic E-state index is -3.58. The van der Waals surface area contributed by atoms with Crippen molar-refractivity contribution in [2.45, 2.75) is 10.3 Å². The molecule has 0 saturated carbocycles. The molecule has 0 aliphatic rings. The minimum absolute atomic E-state index is 0.0181. The van der Waals surface area contributed by atoms with Crippen molar-refractivity contribution in [3.8, 4) is 0 Å². The van der Waals surface area contributed by atoms with Crippen LogP contribution in [0.15, 0.2) is 35.2 Å². The lowest BCUT2D eigenvalue weighted by atomic mass is 10.4. The molecular formula is C8H9BrO3S. The molecule has 0 heterocycles. The number of aliphatic hydroxyl groups excluding tert-OH is 1. The van der Waals surface area contributed by atoms with Gasteiger partial charge in [0, 0.05) is 5.33 Å². The molecule has 1 N–H and O–H groups in total. The lowest BCUT2D eigenvalue weighted by Crippen LogP contribution is -2.22. The predicted octanol–water partition coefficient (Wildman–Crippen LogP) is 1.17. The van der Waals surface area contributed by atoms with Crippen molar-refractivity contribution in [3.05, 3.63) is 30.3 Å². The maximum absolute atomic E-state index is 11.5. The molecule has 0 aliphatic heterocycles. The summed E-state index contributed by atoms with van der Waals surface area (Å²) >= 11 is 2.92. The van der Waals surface area contributed by atoms with Gasteiger partial charge >= 0.3 is 0 Å². The van der Waals surface area contributed by atoms with Gasteiger partial charge in [0.05, 0.1) is 4.90 Å². The van der Waals surface area contributed by atoms with Crippen LogP contribution in [0.4, 0.5) is 0 Å². The summed E-state index contributed by atoms with van der Waals surface area (Å²) in [5.74, 6) is 0. The molecule has 1 rings (SSSR count). The summed E-state index contributed by atoms with van der Waals surface area (Å²) in [5.41, 5.74) is -1.38. The molecule has 0 saturated heterocycles. The molecule has 0 amide bonds. The number of alkyl halides is 1. The summed E-state index contributed by atoms with van der Waals surface area (Å²) in [7, 11) is -3.58. The second-order valence-electron chi connectivity index (χ2n) is 2.47. The van der Waals surface area contributed by atoms with Gasteiger partial charge in [-0.15, -0.1) is 0 Å². The maximum atomic E-state index is 11.5. The van der Waals surface area contributed by atoms with Gasteiger partial charge in [-0.25, -0.2) is 8.42 Å². The molecule has 0 radical (unpaired) electrons. The summed E-state index contributed by atoms with van der Waals surface area (Å²) in [6.07, 6.45) is 0. The van der Waals surface area contributed by atoms with E-state index in [0.717, 1.165) is 0 Å². The van der Waals surface area contributed by atoms with Crippen molar-refractivity contribution < 1.29 is 13.5 Å². The Kier molecular flexibility index (Phi) is 3.47. The fourth-order valence-corrected chi connectivity index (χ4v) is 2.91. The Balaban J connectivity index is 3.09. The zero-order valence-electron chi connectivity index (χ0n) is 6.72. The van der Waals surface area contributed by atoms with Gasteiger partial charge in [-0.05, 0) is 12.1 Å². The standard InChI is InChI=1S/C8H9BrO3S/c9-6-8(10)13(11,12)7-4-2-1-3-5-7/h1-5,8,10H,6H2/t8-/m0/s1. The van der Waals surface area contributed by atoms with E-state index in [1.54, 1.807) is 18.2 Å². The van der Waals surface area contributed by atoms with E-state index in [4.69, 9.17) is 0 Å². The first-order valence-corrected chi connectivity index (χ1v) is 6.29. The van der Waals surface area contributed by atoms with Crippen LogP contribution in [0.3, 0.4) is 0 Å². The number of hydrogen-bond donors (Lipinski definition) is 1. The molecule has 0 unspecified atom stereocenters. The topological polar surface area (TPSA) is 54.4 Å². The van der Waals surface area contributed by atoms with E-state index in [2.05, 4.69) is 15.9 Å². The monoisotopic (exact) mass is 264 g/mol. The van der Waals surface area contributed by atoms with Crippen molar-refractivity contribution in [2.75, 3.05) is 5.33 Å². The molecule has 0 aliphatic carbocycles. The fourth-order valence-electron chi connectivity index (χ4n) is 0.850. The number of aliphatic hydroxyl groups is 1. The predicted molar refractivity (Wildman–Crippen MR) is 53.4 cm³/mol. The van der Waals surface area contributed by atoms with Crippen LogP contribution in [0.5, 0.6) is 0 Å². The lowest BCUT2D eigenvalue weighted by Gasteiger charge is -2.08. The molecule has 1 aromatic carbocycles. The molecule has 0 aromatic heterocycles. The zero-order valence-corrected chi connectivity index (χ0v) is 9.12. The van der Waals surface area contributed by atoms with Crippen LogP contribution < -0.4 is 0 Å². The first kappa shape index (κ1) is 10.7. The highest BCUT2D eigenvalue weighted by molar-refractivity contribution is 9.09. The number of hydrogen-bond acceptors (Lipinski definition) is 3. The Hall–Kier alpha value is -0.390. The smallest absolute Gasteiger partial charge is 0.205 e. The Morgan fingerprint density at radius 3 is 2.31 bits per heavy atom. The van der Waals surface area contributed by atoms with Crippen molar-refractivity contribution in [1.29, 1.82) is 0 Å². The SMILES string of the molecule is O=S(=O)(c1ccccc1)[C@H](O)CBr. The van der Waals surface area contributed by atoms with E-state index in [1.807, 2.05) is 0 Å². The van der Waals surface area contributed by atoms with Gasteiger partial charge < -0.3 is 5.11 Å². The molecular weight excluding hydrogens is 256 g/mol. The summed E-state index contributed by atoms with van der Waals surface area (Å²) in [5, 5.41) is 9.22. The van der Waals surface area contributed by atoms with Gasteiger partial charge in [0.2, 0.25) is 9.84 Å². The van der Waals surface area contributed by atoms with Crippen LogP contribution >= 0.6 is 15.9 Å². The van der Waals surface area contributed by atoms with Gasteiger partial charge in [0.1, 0.15) is 0 Å². The van der Waals surface area contributed by atoms with Gasteiger partial charge in [0.25, 0.3) is 0 Å². The zero-order chi connectivity index (χ0) is 9.90. The molecule has 0 spiro atoms. The second-order valence-corrected chi connectivity index (χ2v) is 5.22. The Labute approximate surface area is 85.4 Å². The van der Waals surface area contributed by atoms with E-state index in [1.165, 1.54) is 12.1 Å². The van der Waals surface area contributed by atoms with Crippen LogP contribution in [0, 0.1) is 0 Å². The molecule has 0 fully saturated rings. The summed E-state index contributed by atoms with van der Waals surface area (Å²) < 4.78 is 23.0. The van der Waals surface area contributed by atoms with Gasteiger partial charge in [-0.3, -0.25) is 0 Å². The average molecular weight is 265 g/mol. The third-order valence-electron chi connectivity index (χ3n) is 1.56. The average Bonchev–Trinajstić information content (AvgIpc) is 2.18. The third kappa shape index (κ3) is 2.30. The van der Waals surface area contributed by atoms with Crippen LogP contribution in [0.25, 0.3) is 0 Å². The molecule has 13 heavy (non-hydrogen) atoms. The number of rotatable bonds is 3. The van der Waals surface area contributed by atoms with Crippen LogP contribution in [-0.4, -0.2) is 24.3 Å². The first-order chi connectivity index (χ1) is 6.09. The van der Waals surface area contributed by atoms with Crippen LogP contribution in [0.1, 0.15) is 0 Å². The Morgan fingerprint density at radius 2 is 1.85 bits per heavy atom. The third-order valence-corrected chi connectivity index (χ3v) is 4.42. The lowest BCUT2D eigenvalue weighted by molar-refractivity contribution is 0.274. The Bertz CT molecular complexity index is 360. The van der Waals surface area contributed by atoms with Gasteiger partial charge in [-0.2, -0.15) is 0 Å². The van der Waals surface area contributed by atoms with E-state index in [9.17, 15) is 13.5 Å². The largest absolute Gasteiger partial charge is 0.376 e. The van der Waals surface area contributed by atoms with Crippen LogP contribution in [0.2, 0.25) is 0 Å². The number of sulfone groups is 1. The van der Waals surface area contributed by atoms with E-state index >= 15 is 0 Å². The highest BCUT2D eigenvalue weighted by Gasteiger charge is 2.23. The summed E-state index contributed by atoms with van der Waals surface area (Å²) in [6.45, 7) is 0. The quantitative estimate of drug-likeness (QED) is 0.835. The van der Waals surface area contributed by atoms with E-state index in [-0.39, 0.29) is 10.2 Å². The van der Waals surface area contributed by atoms with Crippen LogP contribution in [-0.2, 0) is 9.84 Å². The molecule has 5 heteroatoms. The highest BCUT2D eigenvalue weighted by atomic mass is 79.9. The van der Waals surface area contributed by atoms with E-state index in [0.29, 0.717) is 0 Å². The Morgan fingerprint density at radius 1 is 1.31 bits per heavy atom. The first-order valence-electron chi connectivity index (χ1n) is 3.62. The van der Waals surface area contributed by atoms with Crippen molar-refractivity contribution in [1.82, 2.24) is 0 Å². The minimum Gasteiger partial charge on any atom is -0.376 e. The highest BCUT2D eigenvalue weighted by Crippen LogP contribution is 2.14. The summed E-state index contributed by atoms with van der Waals surface area (Å²) in [4.78, 5) is 0.141. The van der Waals surface area contributed by atoms with Gasteiger partial charge in [-0.1, -0.05) is 34.1 Å². The molecule has 72 valence electrons. The molecule has 0 bridgehead atoms. The van der Waals surface area contributed by atoms with Gasteiger partial charge in [0.15, 0.2) is 5.44 Å². The molecule has 1 atom stereocenters. The number of benzene rings is 1. The van der Waals surface area contributed by atoms with Crippen molar-refractivity contribution >= 4 is 25.8 Å². The summed E-state index contributed by atoms with van der Waals surface area (Å²) in [6, 6.07) is 7.88. The number of halogens is 1. The van der Waals surface area contributed by atoms with Crippen molar-refractivity contribution in [2.24, 2.45) is 0 Å². The van der Waals surface area contributed by atoms with E-state index < -0.39 is 15.3 Å². The fraction of sp³-hybridized carbons (Fsp3) is 0.250. The van der Waals surface area contributed by atoms with Crippen molar-refractivity contribution in [3.63, 3.8) is 0 Å². The normalized spacial score (nSPS) is 14.0. The molecule has 1 aromatic rings. The maximum Gasteiger partial charge on any atom is 0.205 e. The second kappa shape index (κ2) is 4.21.